The van der Waals surface area contributed by atoms with E-state index >= 15 is 0 Å². The minimum atomic E-state index is -2.98. The second kappa shape index (κ2) is 5.81. The first kappa shape index (κ1) is 13.7. The van der Waals surface area contributed by atoms with Crippen molar-refractivity contribution >= 4 is 27.6 Å². The maximum Gasteiger partial charge on any atom is 0.387 e. The summed E-state index contributed by atoms with van der Waals surface area (Å²) in [6.45, 7) is -1.20. The van der Waals surface area contributed by atoms with Crippen LogP contribution < -0.4 is 10.5 Å². The Hall–Kier alpha value is -1.37. The summed E-state index contributed by atoms with van der Waals surface area (Å²) in [5.41, 5.74) is 5.68. The van der Waals surface area contributed by atoms with Crippen LogP contribution in [0.5, 0.6) is 5.75 Å². The third-order valence-electron chi connectivity index (χ3n) is 1.83. The van der Waals surface area contributed by atoms with Crippen LogP contribution in [0.2, 0.25) is 0 Å². The summed E-state index contributed by atoms with van der Waals surface area (Å²) < 4.78 is 33.2. The number of hydrogen-bond acceptors (Lipinski definition) is 4. The normalized spacial score (nSPS) is 10.4. The van der Waals surface area contributed by atoms with Crippen LogP contribution in [0, 0.1) is 0 Å². The van der Waals surface area contributed by atoms with E-state index in [4.69, 9.17) is 10.5 Å². The molecule has 0 saturated heterocycles. The van der Waals surface area contributed by atoms with Crippen molar-refractivity contribution in [3.63, 3.8) is 0 Å². The van der Waals surface area contributed by atoms with E-state index in [1.807, 2.05) is 0 Å². The van der Waals surface area contributed by atoms with Gasteiger partial charge in [0.05, 0.1) is 11.1 Å². The summed E-state index contributed by atoms with van der Waals surface area (Å²) in [4.78, 5) is 11.5. The Balaban J connectivity index is 3.15. The topological polar surface area (TPSA) is 61.5 Å². The van der Waals surface area contributed by atoms with E-state index in [9.17, 15) is 13.6 Å². The summed E-state index contributed by atoms with van der Waals surface area (Å²) in [5, 5.41) is 0. The van der Waals surface area contributed by atoms with Gasteiger partial charge in [0, 0.05) is 5.69 Å². The second-order valence-electron chi connectivity index (χ2n) is 2.94. The summed E-state index contributed by atoms with van der Waals surface area (Å²) in [7, 11) is 0. The SMILES string of the molecule is CCOC(=O)c1c(N)ccc(OC(F)F)c1Br. The first-order valence-electron chi connectivity index (χ1n) is 4.67. The molecule has 4 nitrogen and oxygen atoms in total. The Labute approximate surface area is 105 Å². The van der Waals surface area contributed by atoms with Crippen molar-refractivity contribution in [2.75, 3.05) is 12.3 Å². The largest absolute Gasteiger partial charge is 0.462 e. The average Bonchev–Trinajstić information content (AvgIpc) is 2.22. The lowest BCUT2D eigenvalue weighted by Crippen LogP contribution is -2.11. The Morgan fingerprint density at radius 2 is 2.18 bits per heavy atom. The number of rotatable bonds is 4. The Morgan fingerprint density at radius 3 is 2.71 bits per heavy atom. The highest BCUT2D eigenvalue weighted by molar-refractivity contribution is 9.10. The van der Waals surface area contributed by atoms with E-state index < -0.39 is 12.6 Å². The van der Waals surface area contributed by atoms with Gasteiger partial charge in [0.1, 0.15) is 11.3 Å². The molecule has 0 atom stereocenters. The lowest BCUT2D eigenvalue weighted by molar-refractivity contribution is -0.0504. The number of nitrogens with two attached hydrogens (primary N) is 1. The standard InChI is InChI=1S/C10H10BrF2NO3/c1-2-16-9(15)7-5(14)3-4-6(8(7)11)17-10(12)13/h3-4,10H,2,14H2,1H3. The van der Waals surface area contributed by atoms with E-state index in [2.05, 4.69) is 20.7 Å². The molecule has 0 aliphatic rings. The van der Waals surface area contributed by atoms with Crippen molar-refractivity contribution in [1.82, 2.24) is 0 Å². The van der Waals surface area contributed by atoms with E-state index in [1.54, 1.807) is 6.92 Å². The van der Waals surface area contributed by atoms with Crippen molar-refractivity contribution in [2.24, 2.45) is 0 Å². The zero-order valence-corrected chi connectivity index (χ0v) is 10.5. The molecule has 0 radical (unpaired) electrons. The van der Waals surface area contributed by atoms with Gasteiger partial charge in [0.15, 0.2) is 0 Å². The molecule has 0 fully saturated rings. The van der Waals surface area contributed by atoms with Gasteiger partial charge >= 0.3 is 12.6 Å². The molecule has 0 spiro atoms. The fraction of sp³-hybridized carbons (Fsp3) is 0.300. The third kappa shape index (κ3) is 3.29. The molecular weight excluding hydrogens is 300 g/mol. The number of alkyl halides is 2. The molecule has 0 saturated carbocycles. The summed E-state index contributed by atoms with van der Waals surface area (Å²) in [6.07, 6.45) is 0. The molecule has 17 heavy (non-hydrogen) atoms. The van der Waals surface area contributed by atoms with Gasteiger partial charge in [-0.1, -0.05) is 0 Å². The quantitative estimate of drug-likeness (QED) is 0.686. The summed E-state index contributed by atoms with van der Waals surface area (Å²) in [6, 6.07) is 2.54. The number of anilines is 1. The second-order valence-corrected chi connectivity index (χ2v) is 3.73. The lowest BCUT2D eigenvalue weighted by atomic mass is 10.1. The number of ether oxygens (including phenoxy) is 2. The summed E-state index contributed by atoms with van der Waals surface area (Å²) >= 11 is 2.99. The molecule has 0 unspecified atom stereocenters. The van der Waals surface area contributed by atoms with E-state index in [0.717, 1.165) is 0 Å². The lowest BCUT2D eigenvalue weighted by Gasteiger charge is -2.12. The fourth-order valence-corrected chi connectivity index (χ4v) is 1.79. The van der Waals surface area contributed by atoms with Crippen LogP contribution in [0.1, 0.15) is 17.3 Å². The number of benzene rings is 1. The molecule has 0 aromatic heterocycles. The van der Waals surface area contributed by atoms with Gasteiger partial charge in [-0.05, 0) is 35.0 Å². The van der Waals surface area contributed by atoms with Crippen LogP contribution in [-0.4, -0.2) is 19.2 Å². The van der Waals surface area contributed by atoms with Crippen molar-refractivity contribution in [2.45, 2.75) is 13.5 Å². The number of carbonyl (C=O) groups excluding carboxylic acids is 1. The maximum absolute atomic E-state index is 12.1. The van der Waals surface area contributed by atoms with Gasteiger partial charge in [0.25, 0.3) is 0 Å². The zero-order chi connectivity index (χ0) is 13.0. The molecule has 1 rings (SSSR count). The fourth-order valence-electron chi connectivity index (χ4n) is 1.17. The highest BCUT2D eigenvalue weighted by atomic mass is 79.9. The number of esters is 1. The molecule has 2 N–H and O–H groups in total. The van der Waals surface area contributed by atoms with Gasteiger partial charge < -0.3 is 15.2 Å². The van der Waals surface area contributed by atoms with Gasteiger partial charge in [-0.2, -0.15) is 8.78 Å². The van der Waals surface area contributed by atoms with Crippen LogP contribution >= 0.6 is 15.9 Å². The van der Waals surface area contributed by atoms with Crippen molar-refractivity contribution in [1.29, 1.82) is 0 Å². The average molecular weight is 310 g/mol. The monoisotopic (exact) mass is 309 g/mol. The number of hydrogen-bond donors (Lipinski definition) is 1. The number of carbonyl (C=O) groups is 1. The smallest absolute Gasteiger partial charge is 0.387 e. The molecular formula is C10H10BrF2NO3. The van der Waals surface area contributed by atoms with Gasteiger partial charge in [-0.15, -0.1) is 0 Å². The first-order chi connectivity index (χ1) is 7.97. The van der Waals surface area contributed by atoms with Crippen molar-refractivity contribution < 1.29 is 23.0 Å². The highest BCUT2D eigenvalue weighted by Gasteiger charge is 2.20. The van der Waals surface area contributed by atoms with Crippen LogP contribution in [0.4, 0.5) is 14.5 Å². The van der Waals surface area contributed by atoms with Crippen molar-refractivity contribution in [3.05, 3.63) is 22.2 Å². The Kier molecular flexibility index (Phi) is 4.68. The zero-order valence-electron chi connectivity index (χ0n) is 8.88. The first-order valence-corrected chi connectivity index (χ1v) is 5.46. The van der Waals surface area contributed by atoms with Crippen molar-refractivity contribution in [3.8, 4) is 5.75 Å². The number of nitrogen functional groups attached to an aromatic ring is 1. The van der Waals surface area contributed by atoms with Gasteiger partial charge in [-0.3, -0.25) is 0 Å². The highest BCUT2D eigenvalue weighted by Crippen LogP contribution is 2.34. The molecule has 0 aliphatic heterocycles. The third-order valence-corrected chi connectivity index (χ3v) is 2.62. The molecule has 0 amide bonds. The predicted octanol–water partition coefficient (Wildman–Crippen LogP) is 2.81. The molecule has 0 aliphatic carbocycles. The predicted molar refractivity (Wildman–Crippen MR) is 61.1 cm³/mol. The Bertz CT molecular complexity index is 426. The van der Waals surface area contributed by atoms with E-state index in [-0.39, 0.29) is 28.1 Å². The molecule has 0 bridgehead atoms. The molecule has 7 heteroatoms. The van der Waals surface area contributed by atoms with Crippen LogP contribution in [0.25, 0.3) is 0 Å². The Morgan fingerprint density at radius 1 is 1.53 bits per heavy atom. The van der Waals surface area contributed by atoms with E-state index in [0.29, 0.717) is 0 Å². The summed E-state index contributed by atoms with van der Waals surface area (Å²) in [5.74, 6) is -0.867. The molecule has 94 valence electrons. The number of halogens is 3. The molecule has 1 aromatic rings. The van der Waals surface area contributed by atoms with Gasteiger partial charge in [-0.25, -0.2) is 4.79 Å². The van der Waals surface area contributed by atoms with Crippen LogP contribution in [0.15, 0.2) is 16.6 Å². The molecule has 1 aromatic carbocycles. The van der Waals surface area contributed by atoms with Gasteiger partial charge in [0.2, 0.25) is 0 Å². The van der Waals surface area contributed by atoms with Crippen LogP contribution in [-0.2, 0) is 4.74 Å². The van der Waals surface area contributed by atoms with E-state index in [1.165, 1.54) is 12.1 Å². The molecule has 0 heterocycles. The maximum atomic E-state index is 12.1. The minimum Gasteiger partial charge on any atom is -0.462 e. The minimum absolute atomic E-state index is 0.0231. The van der Waals surface area contributed by atoms with Crippen LogP contribution in [0.3, 0.4) is 0 Å².